The van der Waals surface area contributed by atoms with Gasteiger partial charge in [-0.3, -0.25) is 19.2 Å². The summed E-state index contributed by atoms with van der Waals surface area (Å²) in [6, 6.07) is 9.28. The summed E-state index contributed by atoms with van der Waals surface area (Å²) in [5.74, 6) is -2.42. The summed E-state index contributed by atoms with van der Waals surface area (Å²) in [4.78, 5) is 65.5. The SMILES string of the molecule is CCOC(=O)N1CCN(C(=O)C(CCC(=O)O)NC(=O)c2cc(O[C@@H](C)C(=O)NC3CC3)n(-c3ccccc3)n2)CC1. The molecule has 3 N–H and O–H groups in total. The van der Waals surface area contributed by atoms with Crippen LogP contribution in [0, 0.1) is 0 Å². The number of carboxylic acids is 1. The number of amides is 4. The van der Waals surface area contributed by atoms with E-state index in [4.69, 9.17) is 9.47 Å². The summed E-state index contributed by atoms with van der Waals surface area (Å²) < 4.78 is 12.3. The number of rotatable bonds is 12. The monoisotopic (exact) mass is 584 g/mol. The molecule has 0 bridgehead atoms. The number of benzene rings is 1. The number of ether oxygens (including phenoxy) is 2. The van der Waals surface area contributed by atoms with Gasteiger partial charge in [-0.15, -0.1) is 0 Å². The first-order valence-electron chi connectivity index (χ1n) is 14.0. The molecule has 1 saturated heterocycles. The summed E-state index contributed by atoms with van der Waals surface area (Å²) in [7, 11) is 0. The van der Waals surface area contributed by atoms with Crippen LogP contribution in [-0.2, 0) is 19.1 Å². The lowest BCUT2D eigenvalue weighted by Gasteiger charge is -2.35. The van der Waals surface area contributed by atoms with E-state index >= 15 is 0 Å². The van der Waals surface area contributed by atoms with Crippen LogP contribution in [0.25, 0.3) is 5.69 Å². The number of carbonyl (C=O) groups is 5. The lowest BCUT2D eigenvalue weighted by molar-refractivity contribution is -0.138. The molecule has 14 heteroatoms. The van der Waals surface area contributed by atoms with Gasteiger partial charge in [0.25, 0.3) is 11.8 Å². The van der Waals surface area contributed by atoms with E-state index in [1.165, 1.54) is 20.5 Å². The van der Waals surface area contributed by atoms with Gasteiger partial charge in [-0.25, -0.2) is 9.48 Å². The molecule has 4 amide bonds. The van der Waals surface area contributed by atoms with E-state index in [2.05, 4.69) is 15.7 Å². The Morgan fingerprint density at radius 2 is 1.71 bits per heavy atom. The lowest BCUT2D eigenvalue weighted by atomic mass is 10.1. The minimum atomic E-state index is -1.14. The van der Waals surface area contributed by atoms with Crippen LogP contribution in [0.2, 0.25) is 0 Å². The van der Waals surface area contributed by atoms with Gasteiger partial charge in [-0.1, -0.05) is 18.2 Å². The van der Waals surface area contributed by atoms with Gasteiger partial charge in [0.1, 0.15) is 6.04 Å². The maximum Gasteiger partial charge on any atom is 0.409 e. The lowest BCUT2D eigenvalue weighted by Crippen LogP contribution is -2.56. The van der Waals surface area contributed by atoms with Crippen molar-refractivity contribution in [1.29, 1.82) is 0 Å². The van der Waals surface area contributed by atoms with Crippen LogP contribution < -0.4 is 15.4 Å². The first-order chi connectivity index (χ1) is 20.2. The van der Waals surface area contributed by atoms with E-state index < -0.39 is 36.0 Å². The van der Waals surface area contributed by atoms with Crippen LogP contribution in [0.15, 0.2) is 36.4 Å². The third-order valence-corrected chi connectivity index (χ3v) is 6.87. The van der Waals surface area contributed by atoms with Gasteiger partial charge >= 0.3 is 12.1 Å². The standard InChI is InChI=1S/C28H36N6O8/c1-3-41-28(40)33-15-13-32(14-16-33)27(39)21(11-12-24(35)36)30-26(38)22-17-23(34(31-22)20-7-5-4-6-8-20)42-18(2)25(37)29-19-9-10-19/h4-8,17-19,21H,3,9-16H2,1-2H3,(H,29,37)(H,30,38)(H,35,36)/t18-,21?/m0/s1. The van der Waals surface area contributed by atoms with Crippen LogP contribution in [0.5, 0.6) is 5.88 Å². The van der Waals surface area contributed by atoms with E-state index in [9.17, 15) is 29.1 Å². The molecule has 2 aliphatic rings. The molecule has 2 aromatic rings. The highest BCUT2D eigenvalue weighted by atomic mass is 16.6. The molecular formula is C28H36N6O8. The molecule has 2 heterocycles. The maximum absolute atomic E-state index is 13.4. The van der Waals surface area contributed by atoms with E-state index in [1.807, 2.05) is 6.07 Å². The molecule has 1 unspecified atom stereocenters. The van der Waals surface area contributed by atoms with Gasteiger partial charge < -0.3 is 35.0 Å². The third-order valence-electron chi connectivity index (χ3n) is 6.87. The summed E-state index contributed by atoms with van der Waals surface area (Å²) in [6.07, 6.45) is 0.0331. The second kappa shape index (κ2) is 13.8. The van der Waals surface area contributed by atoms with Gasteiger partial charge in [0, 0.05) is 44.7 Å². The molecule has 42 heavy (non-hydrogen) atoms. The number of aromatic nitrogens is 2. The van der Waals surface area contributed by atoms with E-state index in [0.29, 0.717) is 5.69 Å². The van der Waals surface area contributed by atoms with Gasteiger partial charge in [-0.2, -0.15) is 5.10 Å². The van der Waals surface area contributed by atoms with Crippen molar-refractivity contribution in [2.24, 2.45) is 0 Å². The quantitative estimate of drug-likeness (QED) is 0.331. The number of hydrogen-bond acceptors (Lipinski definition) is 8. The minimum absolute atomic E-state index is 0.0797. The highest BCUT2D eigenvalue weighted by Gasteiger charge is 2.32. The van der Waals surface area contributed by atoms with E-state index in [1.54, 1.807) is 38.1 Å². The Balaban J connectivity index is 1.49. The molecule has 4 rings (SSSR count). The number of nitrogens with zero attached hydrogens (tertiary/aromatic N) is 4. The fraction of sp³-hybridized carbons (Fsp3) is 0.500. The van der Waals surface area contributed by atoms with Crippen LogP contribution in [-0.4, -0.2) is 105 Å². The predicted octanol–water partition coefficient (Wildman–Crippen LogP) is 1.18. The molecule has 0 radical (unpaired) electrons. The fourth-order valence-electron chi connectivity index (χ4n) is 4.40. The summed E-state index contributed by atoms with van der Waals surface area (Å²) in [5, 5.41) is 19.1. The molecule has 2 atom stereocenters. The molecule has 0 spiro atoms. The Morgan fingerprint density at radius 3 is 2.33 bits per heavy atom. The first kappa shape index (κ1) is 30.3. The highest BCUT2D eigenvalue weighted by Crippen LogP contribution is 2.23. The van der Waals surface area contributed by atoms with Gasteiger partial charge in [0.05, 0.1) is 12.3 Å². The van der Waals surface area contributed by atoms with Crippen LogP contribution in [0.1, 0.15) is 50.0 Å². The van der Waals surface area contributed by atoms with Crippen molar-refractivity contribution >= 4 is 29.8 Å². The average Bonchev–Trinajstić information content (AvgIpc) is 3.71. The van der Waals surface area contributed by atoms with Crippen molar-refractivity contribution in [3.63, 3.8) is 0 Å². The average molecular weight is 585 g/mol. The smallest absolute Gasteiger partial charge is 0.409 e. The largest absolute Gasteiger partial charge is 0.481 e. The van der Waals surface area contributed by atoms with Gasteiger partial charge in [0.2, 0.25) is 11.8 Å². The van der Waals surface area contributed by atoms with Crippen molar-refractivity contribution in [1.82, 2.24) is 30.2 Å². The summed E-state index contributed by atoms with van der Waals surface area (Å²) >= 11 is 0. The van der Waals surface area contributed by atoms with Crippen molar-refractivity contribution in [3.05, 3.63) is 42.1 Å². The third kappa shape index (κ3) is 7.98. The molecule has 1 aliphatic heterocycles. The molecule has 2 fully saturated rings. The molecule has 1 aromatic carbocycles. The highest BCUT2D eigenvalue weighted by molar-refractivity contribution is 5.96. The van der Waals surface area contributed by atoms with Gasteiger partial charge in [-0.05, 0) is 45.2 Å². The zero-order valence-electron chi connectivity index (χ0n) is 23.7. The van der Waals surface area contributed by atoms with Crippen molar-refractivity contribution in [2.75, 3.05) is 32.8 Å². The fourth-order valence-corrected chi connectivity index (χ4v) is 4.40. The number of carboxylic acid groups (broad SMARTS) is 1. The number of piperazine rings is 1. The first-order valence-corrected chi connectivity index (χ1v) is 14.0. The van der Waals surface area contributed by atoms with Crippen LogP contribution in [0.4, 0.5) is 4.79 Å². The summed E-state index contributed by atoms with van der Waals surface area (Å²) in [5.41, 5.74) is 0.503. The van der Waals surface area contributed by atoms with E-state index in [0.717, 1.165) is 12.8 Å². The Morgan fingerprint density at radius 1 is 1.05 bits per heavy atom. The van der Waals surface area contributed by atoms with Crippen molar-refractivity contribution < 1.29 is 38.6 Å². The number of hydrogen-bond donors (Lipinski definition) is 3. The summed E-state index contributed by atoms with van der Waals surface area (Å²) in [6.45, 7) is 4.45. The Bertz CT molecular complexity index is 1290. The molecule has 1 saturated carbocycles. The second-order valence-electron chi connectivity index (χ2n) is 10.1. The second-order valence-corrected chi connectivity index (χ2v) is 10.1. The number of para-hydroxylation sites is 1. The Kier molecular flexibility index (Phi) is 9.99. The van der Waals surface area contributed by atoms with Gasteiger partial charge in [0.15, 0.2) is 11.8 Å². The van der Waals surface area contributed by atoms with Crippen molar-refractivity contribution in [2.45, 2.75) is 57.7 Å². The minimum Gasteiger partial charge on any atom is -0.481 e. The number of nitrogens with one attached hydrogen (secondary N) is 2. The predicted molar refractivity (Wildman–Crippen MR) is 148 cm³/mol. The van der Waals surface area contributed by atoms with Crippen molar-refractivity contribution in [3.8, 4) is 11.6 Å². The Labute approximate surface area is 242 Å². The normalized spacial score (nSPS) is 16.2. The number of carbonyl (C=O) groups excluding carboxylic acids is 4. The molecule has 1 aliphatic carbocycles. The zero-order chi connectivity index (χ0) is 30.2. The molecule has 14 nitrogen and oxygen atoms in total. The molecule has 226 valence electrons. The number of aliphatic carboxylic acids is 1. The topological polar surface area (TPSA) is 172 Å². The van der Waals surface area contributed by atoms with Crippen LogP contribution >= 0.6 is 0 Å². The van der Waals surface area contributed by atoms with Crippen LogP contribution in [0.3, 0.4) is 0 Å². The Hall–Kier alpha value is -4.62. The zero-order valence-corrected chi connectivity index (χ0v) is 23.7. The van der Waals surface area contributed by atoms with E-state index in [-0.39, 0.29) is 69.2 Å². The molecular weight excluding hydrogens is 548 g/mol. The molecule has 1 aromatic heterocycles. The maximum atomic E-state index is 13.4.